The molecule has 102 valence electrons. The largest absolute Gasteiger partial charge is 0.309 e. The van der Waals surface area contributed by atoms with Crippen LogP contribution >= 0.6 is 22.7 Å². The standard InChI is InChI=1S/C16H21NS2/c1-2-14(8-12-5-6-12)17-10-15-9-13(11-19-15)16-4-3-7-18-16/h3-4,7,9,11-12,14,17H,2,5-6,8,10H2,1H3. The maximum Gasteiger partial charge on any atom is 0.0351 e. The van der Waals surface area contributed by atoms with Crippen LogP contribution in [0.25, 0.3) is 10.4 Å². The summed E-state index contributed by atoms with van der Waals surface area (Å²) in [6.45, 7) is 3.33. The SMILES string of the molecule is CCC(CC1CC1)NCc1cc(-c2cccs2)cs1. The average molecular weight is 291 g/mol. The van der Waals surface area contributed by atoms with Gasteiger partial charge in [-0.1, -0.05) is 25.8 Å². The molecular weight excluding hydrogens is 270 g/mol. The summed E-state index contributed by atoms with van der Waals surface area (Å²) in [7, 11) is 0. The van der Waals surface area contributed by atoms with Crippen molar-refractivity contribution >= 4 is 22.7 Å². The second kappa shape index (κ2) is 6.21. The molecule has 1 aliphatic rings. The van der Waals surface area contributed by atoms with Gasteiger partial charge in [0.25, 0.3) is 0 Å². The highest BCUT2D eigenvalue weighted by Gasteiger charge is 2.24. The second-order valence-electron chi connectivity index (χ2n) is 5.44. The Morgan fingerprint density at radius 2 is 2.26 bits per heavy atom. The van der Waals surface area contributed by atoms with Gasteiger partial charge in [-0.2, -0.15) is 0 Å². The van der Waals surface area contributed by atoms with E-state index >= 15 is 0 Å². The van der Waals surface area contributed by atoms with E-state index in [0.29, 0.717) is 6.04 Å². The van der Waals surface area contributed by atoms with Gasteiger partial charge in [0.2, 0.25) is 0 Å². The normalized spacial score (nSPS) is 16.7. The van der Waals surface area contributed by atoms with Gasteiger partial charge in [-0.3, -0.25) is 0 Å². The zero-order chi connectivity index (χ0) is 13.1. The molecule has 3 heteroatoms. The highest BCUT2D eigenvalue weighted by atomic mass is 32.1. The summed E-state index contributed by atoms with van der Waals surface area (Å²) in [6.07, 6.45) is 5.54. The average Bonchev–Trinajstić information content (AvgIpc) is 2.94. The lowest BCUT2D eigenvalue weighted by atomic mass is 10.1. The molecule has 0 radical (unpaired) electrons. The van der Waals surface area contributed by atoms with Crippen molar-refractivity contribution in [2.45, 2.75) is 45.2 Å². The van der Waals surface area contributed by atoms with Gasteiger partial charge < -0.3 is 5.32 Å². The first-order valence-electron chi connectivity index (χ1n) is 7.20. The summed E-state index contributed by atoms with van der Waals surface area (Å²) in [5.74, 6) is 1.02. The summed E-state index contributed by atoms with van der Waals surface area (Å²) in [4.78, 5) is 2.84. The van der Waals surface area contributed by atoms with Crippen LogP contribution in [0.1, 0.15) is 37.5 Å². The maximum atomic E-state index is 3.73. The van der Waals surface area contributed by atoms with Crippen molar-refractivity contribution in [3.63, 3.8) is 0 Å². The van der Waals surface area contributed by atoms with E-state index in [-0.39, 0.29) is 0 Å². The van der Waals surface area contributed by atoms with Gasteiger partial charge in [0.1, 0.15) is 0 Å². The van der Waals surface area contributed by atoms with Gasteiger partial charge in [0, 0.05) is 27.9 Å². The Morgan fingerprint density at radius 3 is 2.95 bits per heavy atom. The first kappa shape index (κ1) is 13.3. The summed E-state index contributed by atoms with van der Waals surface area (Å²) in [5, 5.41) is 8.16. The number of rotatable bonds is 7. The summed E-state index contributed by atoms with van der Waals surface area (Å²) < 4.78 is 0. The van der Waals surface area contributed by atoms with Crippen LogP contribution < -0.4 is 5.32 Å². The lowest BCUT2D eigenvalue weighted by molar-refractivity contribution is 0.446. The van der Waals surface area contributed by atoms with Crippen LogP contribution in [-0.4, -0.2) is 6.04 Å². The van der Waals surface area contributed by atoms with Crippen LogP contribution in [0.15, 0.2) is 29.0 Å². The Bertz CT molecular complexity index is 497. The summed E-state index contributed by atoms with van der Waals surface area (Å²) >= 11 is 3.70. The molecule has 2 heterocycles. The third kappa shape index (κ3) is 3.68. The van der Waals surface area contributed by atoms with E-state index in [0.717, 1.165) is 12.5 Å². The minimum Gasteiger partial charge on any atom is -0.309 e. The predicted octanol–water partition coefficient (Wildman–Crippen LogP) is 5.14. The van der Waals surface area contributed by atoms with E-state index in [1.54, 1.807) is 0 Å². The molecule has 0 saturated heterocycles. The van der Waals surface area contributed by atoms with E-state index in [2.05, 4.69) is 41.2 Å². The minimum absolute atomic E-state index is 0.708. The summed E-state index contributed by atoms with van der Waals surface area (Å²) in [6, 6.07) is 7.37. The molecule has 0 spiro atoms. The maximum absolute atomic E-state index is 3.73. The van der Waals surface area contributed by atoms with Crippen LogP contribution in [0.4, 0.5) is 0 Å². The van der Waals surface area contributed by atoms with Gasteiger partial charge in [0.05, 0.1) is 0 Å². The fourth-order valence-electron chi connectivity index (χ4n) is 2.44. The lowest BCUT2D eigenvalue weighted by Crippen LogP contribution is -2.28. The van der Waals surface area contributed by atoms with Gasteiger partial charge in [-0.05, 0) is 41.7 Å². The van der Waals surface area contributed by atoms with Crippen LogP contribution in [-0.2, 0) is 6.54 Å². The van der Waals surface area contributed by atoms with E-state index in [1.807, 2.05) is 22.7 Å². The number of hydrogen-bond donors (Lipinski definition) is 1. The van der Waals surface area contributed by atoms with Crippen molar-refractivity contribution in [1.82, 2.24) is 5.32 Å². The van der Waals surface area contributed by atoms with E-state index in [4.69, 9.17) is 0 Å². The molecule has 1 atom stereocenters. The van der Waals surface area contributed by atoms with Crippen molar-refractivity contribution in [3.8, 4) is 10.4 Å². The molecule has 1 nitrogen and oxygen atoms in total. The zero-order valence-corrected chi connectivity index (χ0v) is 13.0. The molecule has 1 saturated carbocycles. The van der Waals surface area contributed by atoms with Crippen LogP contribution in [0.5, 0.6) is 0 Å². The van der Waals surface area contributed by atoms with Gasteiger partial charge in [0.15, 0.2) is 0 Å². The Morgan fingerprint density at radius 1 is 1.37 bits per heavy atom. The van der Waals surface area contributed by atoms with Crippen molar-refractivity contribution in [1.29, 1.82) is 0 Å². The molecule has 0 bridgehead atoms. The second-order valence-corrected chi connectivity index (χ2v) is 7.39. The fraction of sp³-hybridized carbons (Fsp3) is 0.500. The Labute approximate surface area is 123 Å². The number of hydrogen-bond acceptors (Lipinski definition) is 3. The molecular formula is C16H21NS2. The van der Waals surface area contributed by atoms with Crippen LogP contribution in [0, 0.1) is 5.92 Å². The topological polar surface area (TPSA) is 12.0 Å². The summed E-state index contributed by atoms with van der Waals surface area (Å²) in [5.41, 5.74) is 1.38. The van der Waals surface area contributed by atoms with E-state index in [9.17, 15) is 0 Å². The van der Waals surface area contributed by atoms with Gasteiger partial charge in [-0.15, -0.1) is 22.7 Å². The molecule has 3 rings (SSSR count). The Hall–Kier alpha value is -0.640. The fourth-order valence-corrected chi connectivity index (χ4v) is 4.07. The smallest absolute Gasteiger partial charge is 0.0351 e. The van der Waals surface area contributed by atoms with Crippen molar-refractivity contribution < 1.29 is 0 Å². The monoisotopic (exact) mass is 291 g/mol. The third-order valence-electron chi connectivity index (χ3n) is 3.83. The predicted molar refractivity (Wildman–Crippen MR) is 85.9 cm³/mol. The lowest BCUT2D eigenvalue weighted by Gasteiger charge is -2.15. The van der Waals surface area contributed by atoms with Crippen molar-refractivity contribution in [2.24, 2.45) is 5.92 Å². The third-order valence-corrected chi connectivity index (χ3v) is 5.69. The highest BCUT2D eigenvalue weighted by molar-refractivity contribution is 7.14. The van der Waals surface area contributed by atoms with Crippen molar-refractivity contribution in [3.05, 3.63) is 33.8 Å². The molecule has 1 unspecified atom stereocenters. The Balaban J connectivity index is 1.54. The zero-order valence-electron chi connectivity index (χ0n) is 11.4. The van der Waals surface area contributed by atoms with Gasteiger partial charge >= 0.3 is 0 Å². The van der Waals surface area contributed by atoms with Crippen molar-refractivity contribution in [2.75, 3.05) is 0 Å². The molecule has 1 aliphatic carbocycles. The molecule has 2 aromatic rings. The molecule has 0 amide bonds. The molecule has 1 N–H and O–H groups in total. The highest BCUT2D eigenvalue weighted by Crippen LogP contribution is 2.34. The molecule has 0 aromatic carbocycles. The number of thiophene rings is 2. The molecule has 19 heavy (non-hydrogen) atoms. The van der Waals surface area contributed by atoms with E-state index < -0.39 is 0 Å². The van der Waals surface area contributed by atoms with Gasteiger partial charge in [-0.25, -0.2) is 0 Å². The first-order valence-corrected chi connectivity index (χ1v) is 8.95. The molecule has 2 aromatic heterocycles. The van der Waals surface area contributed by atoms with E-state index in [1.165, 1.54) is 41.0 Å². The minimum atomic E-state index is 0.708. The number of nitrogens with one attached hydrogen (secondary N) is 1. The first-order chi connectivity index (χ1) is 9.35. The molecule has 0 aliphatic heterocycles. The van der Waals surface area contributed by atoms with Crippen LogP contribution in [0.3, 0.4) is 0 Å². The molecule has 1 fully saturated rings. The van der Waals surface area contributed by atoms with Crippen LogP contribution in [0.2, 0.25) is 0 Å². The Kier molecular flexibility index (Phi) is 4.36. The quantitative estimate of drug-likeness (QED) is 0.744.